The molecule has 1 N–H and O–H groups in total. The predicted molar refractivity (Wildman–Crippen MR) is 71.1 cm³/mol. The average molecular weight is 267 g/mol. The van der Waals surface area contributed by atoms with Crippen molar-refractivity contribution in [2.45, 2.75) is 0 Å². The van der Waals surface area contributed by atoms with Crippen LogP contribution in [0.3, 0.4) is 0 Å². The van der Waals surface area contributed by atoms with Crippen molar-refractivity contribution in [3.05, 3.63) is 40.8 Å². The minimum Gasteiger partial charge on any atom is -0.313 e. The van der Waals surface area contributed by atoms with Crippen molar-refractivity contribution >= 4 is 16.8 Å². The Kier molecular flexibility index (Phi) is 2.02. The normalized spacial score (nSPS) is 11.4. The molecule has 3 aromatic heterocycles. The van der Waals surface area contributed by atoms with Gasteiger partial charge in [-0.3, -0.25) is 4.79 Å². The molecular formula is C12H9N7O. The first-order valence-electron chi connectivity index (χ1n) is 5.96. The molecule has 0 atom stereocenters. The molecule has 3 heterocycles. The first-order chi connectivity index (χ1) is 9.77. The maximum atomic E-state index is 12.6. The number of aryl methyl sites for hydroxylation is 1. The number of aromatic amines is 1. The molecule has 0 saturated carbocycles. The van der Waals surface area contributed by atoms with E-state index in [1.165, 1.54) is 6.20 Å². The van der Waals surface area contributed by atoms with Crippen molar-refractivity contribution in [1.29, 1.82) is 0 Å². The molecule has 4 aromatic rings. The number of tetrazole rings is 1. The highest BCUT2D eigenvalue weighted by atomic mass is 16.1. The first-order valence-corrected chi connectivity index (χ1v) is 5.96. The minimum absolute atomic E-state index is 0.215. The maximum Gasteiger partial charge on any atom is 0.270 e. The number of para-hydroxylation sites is 2. The van der Waals surface area contributed by atoms with Gasteiger partial charge in [-0.15, -0.1) is 10.2 Å². The molecule has 0 saturated heterocycles. The lowest BCUT2D eigenvalue weighted by atomic mass is 10.3. The summed E-state index contributed by atoms with van der Waals surface area (Å²) in [6.45, 7) is 0. The van der Waals surface area contributed by atoms with Gasteiger partial charge < -0.3 is 4.57 Å². The number of imidazole rings is 1. The zero-order valence-corrected chi connectivity index (χ0v) is 10.5. The van der Waals surface area contributed by atoms with Crippen LogP contribution in [0.25, 0.3) is 28.2 Å². The monoisotopic (exact) mass is 267 g/mol. The Morgan fingerprint density at radius 3 is 2.75 bits per heavy atom. The van der Waals surface area contributed by atoms with Crippen molar-refractivity contribution in [2.24, 2.45) is 7.05 Å². The molecule has 1 aromatic carbocycles. The number of H-pyrrole nitrogens is 1. The van der Waals surface area contributed by atoms with Gasteiger partial charge in [0.15, 0.2) is 0 Å². The third-order valence-corrected chi connectivity index (χ3v) is 3.31. The molecule has 0 aliphatic heterocycles. The largest absolute Gasteiger partial charge is 0.313 e. The van der Waals surface area contributed by atoms with Gasteiger partial charge in [-0.2, -0.15) is 5.21 Å². The Hall–Kier alpha value is -3.03. The van der Waals surface area contributed by atoms with Gasteiger partial charge in [-0.05, 0) is 17.3 Å². The van der Waals surface area contributed by atoms with Gasteiger partial charge in [0.05, 0.1) is 11.0 Å². The molecule has 4 rings (SSSR count). The summed E-state index contributed by atoms with van der Waals surface area (Å²) < 4.78 is 3.43. The van der Waals surface area contributed by atoms with Gasteiger partial charge in [0.25, 0.3) is 5.56 Å². The molecule has 0 bridgehead atoms. The fraction of sp³-hybridized carbons (Fsp3) is 0.0833. The van der Waals surface area contributed by atoms with Crippen molar-refractivity contribution in [2.75, 3.05) is 0 Å². The van der Waals surface area contributed by atoms with E-state index >= 15 is 0 Å². The third-order valence-electron chi connectivity index (χ3n) is 3.31. The van der Waals surface area contributed by atoms with Crippen LogP contribution in [0, 0.1) is 0 Å². The maximum absolute atomic E-state index is 12.6. The van der Waals surface area contributed by atoms with E-state index in [1.54, 1.807) is 4.40 Å². The quantitative estimate of drug-likeness (QED) is 0.537. The lowest BCUT2D eigenvalue weighted by molar-refractivity contribution is 0.881. The average Bonchev–Trinajstić information content (AvgIpc) is 3.08. The molecule has 0 aliphatic carbocycles. The van der Waals surface area contributed by atoms with Crippen LogP contribution in [0.2, 0.25) is 0 Å². The van der Waals surface area contributed by atoms with Crippen molar-refractivity contribution in [1.82, 2.24) is 34.6 Å². The highest BCUT2D eigenvalue weighted by Crippen LogP contribution is 2.17. The molecule has 0 aliphatic rings. The van der Waals surface area contributed by atoms with Gasteiger partial charge in [0.1, 0.15) is 5.56 Å². The van der Waals surface area contributed by atoms with Crippen LogP contribution in [0.5, 0.6) is 0 Å². The zero-order chi connectivity index (χ0) is 13.7. The molecule has 8 nitrogen and oxygen atoms in total. The second-order valence-electron chi connectivity index (χ2n) is 4.40. The summed E-state index contributed by atoms with van der Waals surface area (Å²) in [5, 5.41) is 13.5. The summed E-state index contributed by atoms with van der Waals surface area (Å²) >= 11 is 0. The molecule has 20 heavy (non-hydrogen) atoms. The van der Waals surface area contributed by atoms with E-state index in [0.29, 0.717) is 11.3 Å². The number of hydrogen-bond donors (Lipinski definition) is 1. The molecule has 0 amide bonds. The number of benzene rings is 1. The van der Waals surface area contributed by atoms with Crippen LogP contribution in [-0.4, -0.2) is 34.6 Å². The summed E-state index contributed by atoms with van der Waals surface area (Å²) in [7, 11) is 1.87. The number of aromatic nitrogens is 7. The van der Waals surface area contributed by atoms with Crippen molar-refractivity contribution in [3.8, 4) is 11.4 Å². The van der Waals surface area contributed by atoms with Gasteiger partial charge in [0, 0.05) is 13.2 Å². The summed E-state index contributed by atoms with van der Waals surface area (Å²) in [5.74, 6) is 0.813. The van der Waals surface area contributed by atoms with Crippen molar-refractivity contribution < 1.29 is 0 Å². The smallest absolute Gasteiger partial charge is 0.270 e. The van der Waals surface area contributed by atoms with Gasteiger partial charge in [0.2, 0.25) is 11.6 Å². The van der Waals surface area contributed by atoms with E-state index in [4.69, 9.17) is 0 Å². The molecule has 98 valence electrons. The zero-order valence-electron chi connectivity index (χ0n) is 10.5. The van der Waals surface area contributed by atoms with Gasteiger partial charge in [-0.1, -0.05) is 12.1 Å². The van der Waals surface area contributed by atoms with Crippen molar-refractivity contribution in [3.63, 3.8) is 0 Å². The van der Waals surface area contributed by atoms with Gasteiger partial charge >= 0.3 is 0 Å². The molecule has 0 fully saturated rings. The second kappa shape index (κ2) is 3.73. The summed E-state index contributed by atoms with van der Waals surface area (Å²) in [5.41, 5.74) is 1.83. The number of rotatable bonds is 1. The molecule has 0 unspecified atom stereocenters. The summed E-state index contributed by atoms with van der Waals surface area (Å²) in [6, 6.07) is 7.63. The van der Waals surface area contributed by atoms with E-state index in [2.05, 4.69) is 25.6 Å². The van der Waals surface area contributed by atoms with Crippen LogP contribution >= 0.6 is 0 Å². The minimum atomic E-state index is -0.215. The number of nitrogens with one attached hydrogen (secondary N) is 1. The Morgan fingerprint density at radius 2 is 2.00 bits per heavy atom. The number of nitrogens with zero attached hydrogens (tertiary/aromatic N) is 6. The van der Waals surface area contributed by atoms with E-state index in [0.717, 1.165) is 11.0 Å². The third kappa shape index (κ3) is 1.27. The van der Waals surface area contributed by atoms with Crippen LogP contribution in [0.1, 0.15) is 0 Å². The number of hydrogen-bond acceptors (Lipinski definition) is 5. The fourth-order valence-electron chi connectivity index (χ4n) is 2.37. The van der Waals surface area contributed by atoms with E-state index < -0.39 is 0 Å². The molecule has 0 spiro atoms. The molecular weight excluding hydrogens is 258 g/mol. The van der Waals surface area contributed by atoms with E-state index in [1.807, 2.05) is 35.9 Å². The summed E-state index contributed by atoms with van der Waals surface area (Å²) in [6.07, 6.45) is 1.47. The SMILES string of the molecule is Cn1c2ccccc2n2c(=O)c(-c3nn[nH]n3)cnc12. The highest BCUT2D eigenvalue weighted by molar-refractivity contribution is 5.81. The van der Waals surface area contributed by atoms with Gasteiger partial charge in [-0.25, -0.2) is 9.38 Å². The van der Waals surface area contributed by atoms with Crippen LogP contribution in [0.15, 0.2) is 35.3 Å². The first kappa shape index (κ1) is 10.9. The predicted octanol–water partition coefficient (Wildman–Crippen LogP) is 0.366. The van der Waals surface area contributed by atoms with Crippen LogP contribution < -0.4 is 5.56 Å². The Balaban J connectivity index is 2.21. The lowest BCUT2D eigenvalue weighted by Gasteiger charge is -1.98. The second-order valence-corrected chi connectivity index (χ2v) is 4.40. The lowest BCUT2D eigenvalue weighted by Crippen LogP contribution is -2.17. The molecule has 0 radical (unpaired) electrons. The fourth-order valence-corrected chi connectivity index (χ4v) is 2.37. The Bertz CT molecular complexity index is 980. The van der Waals surface area contributed by atoms with E-state index in [-0.39, 0.29) is 11.4 Å². The Labute approximate surface area is 111 Å². The van der Waals surface area contributed by atoms with Crippen LogP contribution in [0.4, 0.5) is 0 Å². The molecule has 8 heteroatoms. The van der Waals surface area contributed by atoms with E-state index in [9.17, 15) is 4.79 Å². The number of fused-ring (bicyclic) bond motifs is 3. The highest BCUT2D eigenvalue weighted by Gasteiger charge is 2.16. The summed E-state index contributed by atoms with van der Waals surface area (Å²) in [4.78, 5) is 17.0. The standard InChI is InChI=1S/C12H9N7O/c1-18-8-4-2-3-5-9(8)19-11(20)7(6-13-12(18)19)10-14-16-17-15-10/h2-6H,1H3,(H,14,15,16,17). The topological polar surface area (TPSA) is 93.8 Å². The van der Waals surface area contributed by atoms with Crippen LogP contribution in [-0.2, 0) is 7.05 Å². The Morgan fingerprint density at radius 1 is 1.20 bits per heavy atom.